The van der Waals surface area contributed by atoms with Crippen LogP contribution in [0.1, 0.15) is 12.5 Å². The number of benzene rings is 1. The first-order valence-corrected chi connectivity index (χ1v) is 5.15. The van der Waals surface area contributed by atoms with Gasteiger partial charge in [0.05, 0.1) is 12.8 Å². The molecule has 7 heteroatoms. The summed E-state index contributed by atoms with van der Waals surface area (Å²) in [5.41, 5.74) is 7.58. The van der Waals surface area contributed by atoms with E-state index in [1.165, 1.54) is 6.21 Å². The maximum atomic E-state index is 13.4. The average molecular weight is 259 g/mol. The van der Waals surface area contributed by atoms with Crippen LogP contribution < -0.4 is 15.9 Å². The molecule has 0 unspecified atom stereocenters. The molecule has 0 heterocycles. The Bertz CT molecular complexity index is 451. The van der Waals surface area contributed by atoms with Gasteiger partial charge in [0.1, 0.15) is 5.82 Å². The first-order valence-electron chi connectivity index (χ1n) is 4.75. The van der Waals surface area contributed by atoms with Crippen molar-refractivity contribution >= 4 is 23.5 Å². The maximum absolute atomic E-state index is 13.4. The van der Waals surface area contributed by atoms with Gasteiger partial charge in [0.25, 0.3) is 0 Å². The second-order valence-corrected chi connectivity index (χ2v) is 3.41. The zero-order chi connectivity index (χ0) is 12.8. The summed E-state index contributed by atoms with van der Waals surface area (Å²) < 4.78 is 31.4. The lowest BCUT2D eigenvalue weighted by atomic mass is 10.2. The molecule has 0 aromatic heterocycles. The highest BCUT2D eigenvalue weighted by Crippen LogP contribution is 2.22. The number of hydrogen-bond donors (Lipinski definition) is 2. The van der Waals surface area contributed by atoms with Crippen molar-refractivity contribution in [3.63, 3.8) is 0 Å². The molecule has 0 atom stereocenters. The third-order valence-electron chi connectivity index (χ3n) is 1.70. The van der Waals surface area contributed by atoms with Gasteiger partial charge >= 0.3 is 0 Å². The summed E-state index contributed by atoms with van der Waals surface area (Å²) >= 11 is 4.52. The number of nitrogens with two attached hydrogens (primary N) is 1. The van der Waals surface area contributed by atoms with E-state index in [0.29, 0.717) is 0 Å². The van der Waals surface area contributed by atoms with Crippen LogP contribution in [0.25, 0.3) is 0 Å². The largest absolute Gasteiger partial charge is 0.490 e. The number of hydrogen-bond acceptors (Lipinski definition) is 3. The van der Waals surface area contributed by atoms with Crippen molar-refractivity contribution in [2.45, 2.75) is 6.92 Å². The average Bonchev–Trinajstić information content (AvgIpc) is 2.22. The summed E-state index contributed by atoms with van der Waals surface area (Å²) in [7, 11) is 0. The fourth-order valence-corrected chi connectivity index (χ4v) is 1.19. The van der Waals surface area contributed by atoms with Crippen molar-refractivity contribution in [2.24, 2.45) is 10.8 Å². The molecule has 17 heavy (non-hydrogen) atoms. The van der Waals surface area contributed by atoms with Crippen LogP contribution in [0, 0.1) is 11.6 Å². The lowest BCUT2D eigenvalue weighted by molar-refractivity contribution is 0.319. The van der Waals surface area contributed by atoms with E-state index >= 15 is 0 Å². The molecular formula is C10H11F2N3OS. The zero-order valence-corrected chi connectivity index (χ0v) is 9.85. The Balaban J connectivity index is 3.02. The number of rotatable bonds is 4. The number of ether oxygens (including phenoxy) is 1. The first-order chi connectivity index (χ1) is 8.04. The van der Waals surface area contributed by atoms with Crippen LogP contribution in [0.4, 0.5) is 8.78 Å². The first kappa shape index (κ1) is 13.3. The minimum Gasteiger partial charge on any atom is -0.490 e. The van der Waals surface area contributed by atoms with Gasteiger partial charge in [-0.15, -0.1) is 0 Å². The van der Waals surface area contributed by atoms with E-state index in [0.717, 1.165) is 12.1 Å². The molecule has 0 spiro atoms. The van der Waals surface area contributed by atoms with Gasteiger partial charge in [-0.25, -0.2) is 8.78 Å². The Labute approximate surface area is 102 Å². The predicted molar refractivity (Wildman–Crippen MR) is 65.0 cm³/mol. The van der Waals surface area contributed by atoms with Gasteiger partial charge in [0.2, 0.25) is 0 Å². The van der Waals surface area contributed by atoms with Crippen LogP contribution in [0.2, 0.25) is 0 Å². The molecule has 0 aliphatic rings. The molecule has 0 fully saturated rings. The van der Waals surface area contributed by atoms with Crippen molar-refractivity contribution in [3.8, 4) is 5.75 Å². The fourth-order valence-electron chi connectivity index (χ4n) is 1.14. The van der Waals surface area contributed by atoms with Gasteiger partial charge < -0.3 is 10.5 Å². The minimum atomic E-state index is -0.788. The molecule has 0 radical (unpaired) electrons. The van der Waals surface area contributed by atoms with Crippen LogP contribution in [0.5, 0.6) is 5.75 Å². The van der Waals surface area contributed by atoms with Crippen molar-refractivity contribution in [3.05, 3.63) is 29.3 Å². The maximum Gasteiger partial charge on any atom is 0.184 e. The summed E-state index contributed by atoms with van der Waals surface area (Å²) in [6, 6.07) is 1.84. The van der Waals surface area contributed by atoms with Crippen molar-refractivity contribution in [1.29, 1.82) is 0 Å². The standard InChI is InChI=1S/C10H11F2N3OS/c1-2-16-9-6(5-14-15-10(13)17)3-7(11)4-8(9)12/h3-5H,2H2,1H3,(H3,13,15,17). The second kappa shape index (κ2) is 6.09. The summed E-state index contributed by atoms with van der Waals surface area (Å²) in [5.74, 6) is -1.58. The van der Waals surface area contributed by atoms with Gasteiger partial charge in [-0.3, -0.25) is 5.43 Å². The molecule has 0 aliphatic carbocycles. The highest BCUT2D eigenvalue weighted by molar-refractivity contribution is 7.80. The quantitative estimate of drug-likeness (QED) is 0.489. The monoisotopic (exact) mass is 259 g/mol. The lowest BCUT2D eigenvalue weighted by Gasteiger charge is -2.08. The van der Waals surface area contributed by atoms with Gasteiger partial charge in [0.15, 0.2) is 16.7 Å². The molecule has 4 nitrogen and oxygen atoms in total. The van der Waals surface area contributed by atoms with Gasteiger partial charge in [-0.1, -0.05) is 0 Å². The SMILES string of the molecule is CCOc1c(F)cc(F)cc1C=NNC(N)=S. The molecule has 92 valence electrons. The summed E-state index contributed by atoms with van der Waals surface area (Å²) in [5, 5.41) is 3.57. The van der Waals surface area contributed by atoms with E-state index in [2.05, 4.69) is 22.7 Å². The Morgan fingerprint density at radius 2 is 2.29 bits per heavy atom. The molecule has 0 saturated heterocycles. The second-order valence-electron chi connectivity index (χ2n) is 2.97. The van der Waals surface area contributed by atoms with Crippen LogP contribution in [-0.2, 0) is 0 Å². The smallest absolute Gasteiger partial charge is 0.184 e. The highest BCUT2D eigenvalue weighted by Gasteiger charge is 2.10. The molecule has 0 amide bonds. The van der Waals surface area contributed by atoms with E-state index in [1.54, 1.807) is 6.92 Å². The molecule has 0 bridgehead atoms. The van der Waals surface area contributed by atoms with E-state index in [4.69, 9.17) is 10.5 Å². The van der Waals surface area contributed by atoms with Gasteiger partial charge in [-0.2, -0.15) is 5.10 Å². The van der Waals surface area contributed by atoms with E-state index in [9.17, 15) is 8.78 Å². The number of nitrogens with zero attached hydrogens (tertiary/aromatic N) is 1. The summed E-state index contributed by atoms with van der Waals surface area (Å²) in [6.07, 6.45) is 1.18. The topological polar surface area (TPSA) is 59.6 Å². The van der Waals surface area contributed by atoms with Crippen molar-refractivity contribution < 1.29 is 13.5 Å². The molecule has 3 N–H and O–H groups in total. The zero-order valence-electron chi connectivity index (χ0n) is 9.04. The van der Waals surface area contributed by atoms with Crippen LogP contribution >= 0.6 is 12.2 Å². The van der Waals surface area contributed by atoms with E-state index in [1.807, 2.05) is 0 Å². The van der Waals surface area contributed by atoms with Gasteiger partial charge in [0, 0.05) is 11.6 Å². The Morgan fingerprint density at radius 1 is 1.59 bits per heavy atom. The molecule has 1 aromatic carbocycles. The van der Waals surface area contributed by atoms with Crippen molar-refractivity contribution in [1.82, 2.24) is 5.43 Å². The predicted octanol–water partition coefficient (Wildman–Crippen LogP) is 1.53. The molecular weight excluding hydrogens is 248 g/mol. The van der Waals surface area contributed by atoms with Crippen molar-refractivity contribution in [2.75, 3.05) is 6.61 Å². The summed E-state index contributed by atoms with van der Waals surface area (Å²) in [6.45, 7) is 1.95. The van der Waals surface area contributed by atoms with Crippen LogP contribution in [-0.4, -0.2) is 17.9 Å². The highest BCUT2D eigenvalue weighted by atomic mass is 32.1. The van der Waals surface area contributed by atoms with E-state index < -0.39 is 11.6 Å². The molecule has 1 aromatic rings. The van der Waals surface area contributed by atoms with E-state index in [-0.39, 0.29) is 23.0 Å². The molecule has 0 aliphatic heterocycles. The van der Waals surface area contributed by atoms with Gasteiger partial charge in [-0.05, 0) is 25.2 Å². The van der Waals surface area contributed by atoms with Crippen LogP contribution in [0.15, 0.2) is 17.2 Å². The Hall–Kier alpha value is -1.76. The molecule has 0 saturated carbocycles. The normalized spacial score (nSPS) is 10.5. The Kier molecular flexibility index (Phi) is 4.77. The third-order valence-corrected chi connectivity index (χ3v) is 1.80. The number of thiocarbonyl (C=S) groups is 1. The number of hydrazone groups is 1. The minimum absolute atomic E-state index is 0.0453. The third kappa shape index (κ3) is 3.95. The lowest BCUT2D eigenvalue weighted by Crippen LogP contribution is -2.24. The van der Waals surface area contributed by atoms with Crippen LogP contribution in [0.3, 0.4) is 0 Å². The number of halogens is 2. The number of nitrogens with one attached hydrogen (secondary N) is 1. The summed E-state index contributed by atoms with van der Waals surface area (Å²) in [4.78, 5) is 0. The molecule has 1 rings (SSSR count). The fraction of sp³-hybridized carbons (Fsp3) is 0.200. The Morgan fingerprint density at radius 3 is 2.88 bits per heavy atom.